The molecule has 0 radical (unpaired) electrons. The van der Waals surface area contributed by atoms with Gasteiger partial charge in [0.1, 0.15) is 10.7 Å². The summed E-state index contributed by atoms with van der Waals surface area (Å²) in [6, 6.07) is 4.15. The van der Waals surface area contributed by atoms with Gasteiger partial charge in [0, 0.05) is 25.5 Å². The third-order valence-electron chi connectivity index (χ3n) is 3.11. The number of sulfonamides is 1. The van der Waals surface area contributed by atoms with E-state index in [-0.39, 0.29) is 21.6 Å². The van der Waals surface area contributed by atoms with Crippen molar-refractivity contribution >= 4 is 31.6 Å². The number of hydrogen-bond acceptors (Lipinski definition) is 3. The lowest BCUT2D eigenvalue weighted by Gasteiger charge is -2.10. The number of aromatic nitrogens is 1. The highest BCUT2D eigenvalue weighted by Crippen LogP contribution is 2.26. The molecule has 2 rings (SSSR count). The maximum atomic E-state index is 13.6. The van der Waals surface area contributed by atoms with E-state index in [4.69, 9.17) is 5.73 Å². The average molecular weight is 376 g/mol. The van der Waals surface area contributed by atoms with Crippen molar-refractivity contribution in [3.05, 3.63) is 45.9 Å². The highest BCUT2D eigenvalue weighted by Gasteiger charge is 2.19. The van der Waals surface area contributed by atoms with E-state index in [1.807, 2.05) is 0 Å². The van der Waals surface area contributed by atoms with Crippen LogP contribution in [0.25, 0.3) is 0 Å². The van der Waals surface area contributed by atoms with E-state index in [1.165, 1.54) is 18.3 Å². The standard InChI is InChI=1S/C13H15BrFN3O2S/c1-8-3-11(14)12(15)5-13(8)17-21(19,20)10-4-9(6-16)18(2)7-10/h3-5,7,17H,6,16H2,1-2H3. The van der Waals surface area contributed by atoms with Gasteiger partial charge in [0.05, 0.1) is 10.2 Å². The Morgan fingerprint density at radius 2 is 2.05 bits per heavy atom. The van der Waals surface area contributed by atoms with Crippen molar-refractivity contribution in [3.8, 4) is 0 Å². The summed E-state index contributed by atoms with van der Waals surface area (Å²) >= 11 is 3.06. The summed E-state index contributed by atoms with van der Waals surface area (Å²) in [7, 11) is -2.07. The van der Waals surface area contributed by atoms with Crippen LogP contribution >= 0.6 is 15.9 Å². The third-order valence-corrected chi connectivity index (χ3v) is 5.05. The molecule has 114 valence electrons. The van der Waals surface area contributed by atoms with Crippen LogP contribution < -0.4 is 10.5 Å². The minimum Gasteiger partial charge on any atom is -0.352 e. The first-order valence-corrected chi connectivity index (χ1v) is 8.36. The molecule has 1 aromatic carbocycles. The van der Waals surface area contributed by atoms with Crippen LogP contribution in [-0.4, -0.2) is 13.0 Å². The highest BCUT2D eigenvalue weighted by molar-refractivity contribution is 9.10. The van der Waals surface area contributed by atoms with Crippen LogP contribution in [0.5, 0.6) is 0 Å². The van der Waals surface area contributed by atoms with Crippen molar-refractivity contribution in [3.63, 3.8) is 0 Å². The molecule has 0 saturated carbocycles. The van der Waals surface area contributed by atoms with E-state index in [1.54, 1.807) is 18.5 Å². The Morgan fingerprint density at radius 1 is 1.38 bits per heavy atom. The van der Waals surface area contributed by atoms with Crippen molar-refractivity contribution in [2.75, 3.05) is 4.72 Å². The van der Waals surface area contributed by atoms with E-state index in [9.17, 15) is 12.8 Å². The second kappa shape index (κ2) is 5.78. The van der Waals surface area contributed by atoms with Crippen molar-refractivity contribution in [1.29, 1.82) is 0 Å². The number of nitrogens with zero attached hydrogens (tertiary/aromatic N) is 1. The monoisotopic (exact) mass is 375 g/mol. The van der Waals surface area contributed by atoms with E-state index < -0.39 is 15.8 Å². The SMILES string of the molecule is Cc1cc(Br)c(F)cc1NS(=O)(=O)c1cc(CN)n(C)c1. The predicted molar refractivity (Wildman–Crippen MR) is 82.9 cm³/mol. The van der Waals surface area contributed by atoms with Crippen LogP contribution in [0.4, 0.5) is 10.1 Å². The van der Waals surface area contributed by atoms with Crippen molar-refractivity contribution in [2.24, 2.45) is 12.8 Å². The zero-order valence-electron chi connectivity index (χ0n) is 11.5. The molecule has 0 atom stereocenters. The minimum atomic E-state index is -3.79. The molecule has 0 aliphatic heterocycles. The third kappa shape index (κ3) is 3.28. The molecule has 0 aliphatic rings. The fourth-order valence-corrected chi connectivity index (χ4v) is 3.56. The van der Waals surface area contributed by atoms with Crippen molar-refractivity contribution < 1.29 is 12.8 Å². The Kier molecular flexibility index (Phi) is 4.40. The van der Waals surface area contributed by atoms with Crippen LogP contribution in [0.2, 0.25) is 0 Å². The Hall–Kier alpha value is -1.38. The molecule has 8 heteroatoms. The lowest BCUT2D eigenvalue weighted by Crippen LogP contribution is -2.13. The van der Waals surface area contributed by atoms with Crippen molar-refractivity contribution in [2.45, 2.75) is 18.4 Å². The Bertz CT molecular complexity index is 787. The number of anilines is 1. The van der Waals surface area contributed by atoms with Crippen LogP contribution in [0.15, 0.2) is 33.8 Å². The quantitative estimate of drug-likeness (QED) is 0.861. The largest absolute Gasteiger partial charge is 0.352 e. The topological polar surface area (TPSA) is 77.1 Å². The molecule has 3 N–H and O–H groups in total. The van der Waals surface area contributed by atoms with Gasteiger partial charge in [0.2, 0.25) is 0 Å². The van der Waals surface area contributed by atoms with Gasteiger partial charge in [0.15, 0.2) is 0 Å². The summed E-state index contributed by atoms with van der Waals surface area (Å²) in [6.07, 6.45) is 1.47. The number of halogens is 2. The van der Waals surface area contributed by atoms with Gasteiger partial charge in [0.25, 0.3) is 10.0 Å². The predicted octanol–water partition coefficient (Wildman–Crippen LogP) is 2.49. The lowest BCUT2D eigenvalue weighted by atomic mass is 10.2. The number of nitrogens with one attached hydrogen (secondary N) is 1. The first-order valence-electron chi connectivity index (χ1n) is 6.08. The molecule has 0 fully saturated rings. The van der Waals surface area contributed by atoms with Crippen LogP contribution in [0.3, 0.4) is 0 Å². The van der Waals surface area contributed by atoms with Crippen molar-refractivity contribution in [1.82, 2.24) is 4.57 Å². The van der Waals surface area contributed by atoms with Gasteiger partial charge in [-0.1, -0.05) is 0 Å². The fraction of sp³-hybridized carbons (Fsp3) is 0.231. The molecule has 5 nitrogen and oxygen atoms in total. The Balaban J connectivity index is 2.39. The first-order chi connectivity index (χ1) is 9.74. The minimum absolute atomic E-state index is 0.0909. The maximum Gasteiger partial charge on any atom is 0.263 e. The van der Waals surface area contributed by atoms with Gasteiger partial charge < -0.3 is 10.3 Å². The van der Waals surface area contributed by atoms with Crippen LogP contribution in [0, 0.1) is 12.7 Å². The summed E-state index contributed by atoms with van der Waals surface area (Å²) in [5, 5.41) is 0. The molecule has 0 amide bonds. The summed E-state index contributed by atoms with van der Waals surface area (Å²) in [4.78, 5) is 0.0909. The van der Waals surface area contributed by atoms with E-state index in [2.05, 4.69) is 20.7 Å². The molecule has 0 spiro atoms. The molecule has 21 heavy (non-hydrogen) atoms. The molecule has 1 aromatic heterocycles. The summed E-state index contributed by atoms with van der Waals surface area (Å²) < 4.78 is 42.5. The van der Waals surface area contributed by atoms with E-state index >= 15 is 0 Å². The van der Waals surface area contributed by atoms with Gasteiger partial charge in [-0.05, 0) is 46.6 Å². The van der Waals surface area contributed by atoms with E-state index in [0.29, 0.717) is 11.3 Å². The number of hydrogen-bond donors (Lipinski definition) is 2. The summed E-state index contributed by atoms with van der Waals surface area (Å²) in [5.41, 5.74) is 7.03. The number of aryl methyl sites for hydroxylation is 2. The van der Waals surface area contributed by atoms with Gasteiger partial charge in [-0.15, -0.1) is 0 Å². The lowest BCUT2D eigenvalue weighted by molar-refractivity contribution is 0.600. The molecule has 0 aliphatic carbocycles. The zero-order valence-corrected chi connectivity index (χ0v) is 13.9. The average Bonchev–Trinajstić information content (AvgIpc) is 2.78. The van der Waals surface area contributed by atoms with Gasteiger partial charge in [-0.3, -0.25) is 4.72 Å². The number of benzene rings is 1. The molecular formula is C13H15BrFN3O2S. The normalized spacial score (nSPS) is 11.7. The summed E-state index contributed by atoms with van der Waals surface area (Å²) in [6.45, 7) is 1.93. The molecule has 1 heterocycles. The Morgan fingerprint density at radius 3 is 2.62 bits per heavy atom. The van der Waals surface area contributed by atoms with E-state index in [0.717, 1.165) is 6.07 Å². The first kappa shape index (κ1) is 16.0. The van der Waals surface area contributed by atoms with Gasteiger partial charge in [-0.2, -0.15) is 0 Å². The van der Waals surface area contributed by atoms with Crippen LogP contribution in [0.1, 0.15) is 11.3 Å². The number of nitrogens with two attached hydrogens (primary N) is 1. The number of rotatable bonds is 4. The molecular weight excluding hydrogens is 361 g/mol. The van der Waals surface area contributed by atoms with Gasteiger partial charge in [-0.25, -0.2) is 12.8 Å². The molecule has 0 saturated heterocycles. The van der Waals surface area contributed by atoms with Crippen LogP contribution in [-0.2, 0) is 23.6 Å². The zero-order chi connectivity index (χ0) is 15.8. The maximum absolute atomic E-state index is 13.6. The summed E-state index contributed by atoms with van der Waals surface area (Å²) in [5.74, 6) is -0.533. The molecule has 0 unspecified atom stereocenters. The second-order valence-electron chi connectivity index (χ2n) is 4.67. The smallest absolute Gasteiger partial charge is 0.263 e. The molecule has 0 bridgehead atoms. The fourth-order valence-electron chi connectivity index (χ4n) is 1.89. The Labute approximate surface area is 131 Å². The second-order valence-corrected chi connectivity index (χ2v) is 7.21. The molecule has 2 aromatic rings. The highest BCUT2D eigenvalue weighted by atomic mass is 79.9. The van der Waals surface area contributed by atoms with Gasteiger partial charge >= 0.3 is 0 Å².